The Morgan fingerprint density at radius 3 is 2.70 bits per heavy atom. The number of ether oxygens (including phenoxy) is 1. The number of hydrogen-bond donors (Lipinski definition) is 2. The van der Waals surface area contributed by atoms with Gasteiger partial charge in [0.25, 0.3) is 5.91 Å². The molecule has 0 spiro atoms. The lowest BCUT2D eigenvalue weighted by atomic mass is 10.0. The number of amides is 1. The molecule has 0 radical (unpaired) electrons. The van der Waals surface area contributed by atoms with Crippen LogP contribution in [-0.2, 0) is 17.4 Å². The molecule has 3 rings (SSSR count). The number of rotatable bonds is 2. The second-order valence-corrected chi connectivity index (χ2v) is 5.18. The summed E-state index contributed by atoms with van der Waals surface area (Å²) in [5.41, 5.74) is -0.0269. The number of alkyl halides is 3. The minimum Gasteiger partial charge on any atom is -0.508 e. The summed E-state index contributed by atoms with van der Waals surface area (Å²) in [6, 6.07) is 8.99. The van der Waals surface area contributed by atoms with Crippen molar-refractivity contribution in [2.45, 2.75) is 18.7 Å². The molecule has 7 heteroatoms. The third-order valence-electron chi connectivity index (χ3n) is 3.46. The number of phenols is 1. The molecule has 0 fully saturated rings. The van der Waals surface area contributed by atoms with Gasteiger partial charge in [0.2, 0.25) is 0 Å². The van der Waals surface area contributed by atoms with Crippen LogP contribution in [0.4, 0.5) is 18.9 Å². The Morgan fingerprint density at radius 2 is 1.96 bits per heavy atom. The predicted octanol–water partition coefficient (Wildman–Crippen LogP) is 3.35. The number of carbonyl (C=O) groups excluding carboxylic acids is 1. The quantitative estimate of drug-likeness (QED) is 0.833. The van der Waals surface area contributed by atoms with Gasteiger partial charge in [0.15, 0.2) is 6.10 Å². The number of aromatic hydroxyl groups is 1. The average Bonchev–Trinajstić information content (AvgIpc) is 2.48. The van der Waals surface area contributed by atoms with Crippen LogP contribution >= 0.6 is 0 Å². The van der Waals surface area contributed by atoms with Gasteiger partial charge < -0.3 is 15.2 Å². The molecule has 1 aliphatic rings. The Labute approximate surface area is 129 Å². The second kappa shape index (κ2) is 5.49. The highest BCUT2D eigenvalue weighted by molar-refractivity contribution is 5.98. The molecule has 0 bridgehead atoms. The number of fused-ring (bicyclic) bond motifs is 1. The Kier molecular flexibility index (Phi) is 3.63. The van der Waals surface area contributed by atoms with Gasteiger partial charge in [-0.05, 0) is 23.8 Å². The summed E-state index contributed by atoms with van der Waals surface area (Å²) in [4.78, 5) is 12.0. The Hall–Kier alpha value is -2.70. The van der Waals surface area contributed by atoms with E-state index in [1.165, 1.54) is 30.3 Å². The van der Waals surface area contributed by atoms with Crippen molar-refractivity contribution >= 4 is 11.6 Å². The van der Waals surface area contributed by atoms with Gasteiger partial charge in [-0.3, -0.25) is 4.79 Å². The standard InChI is InChI=1S/C16H12F3NO3/c17-16(18,19)10-3-1-2-9(6-10)7-14-15(22)20-12-5-4-11(21)8-13(12)23-14/h1-6,8,14,21H,7H2,(H,20,22). The summed E-state index contributed by atoms with van der Waals surface area (Å²) in [5.74, 6) is -0.195. The van der Waals surface area contributed by atoms with Crippen LogP contribution < -0.4 is 10.1 Å². The van der Waals surface area contributed by atoms with E-state index in [2.05, 4.69) is 5.32 Å². The summed E-state index contributed by atoms with van der Waals surface area (Å²) in [5, 5.41) is 12.0. The van der Waals surface area contributed by atoms with Crippen molar-refractivity contribution in [1.29, 1.82) is 0 Å². The van der Waals surface area contributed by atoms with Crippen LogP contribution in [-0.4, -0.2) is 17.1 Å². The van der Waals surface area contributed by atoms with Gasteiger partial charge in [0, 0.05) is 12.5 Å². The fourth-order valence-electron chi connectivity index (χ4n) is 2.35. The average molecular weight is 323 g/mol. The molecular formula is C16H12F3NO3. The van der Waals surface area contributed by atoms with Crippen molar-refractivity contribution in [3.05, 3.63) is 53.6 Å². The van der Waals surface area contributed by atoms with Gasteiger partial charge >= 0.3 is 6.18 Å². The zero-order chi connectivity index (χ0) is 16.6. The maximum atomic E-state index is 12.7. The molecule has 2 aromatic rings. The van der Waals surface area contributed by atoms with Gasteiger partial charge in [0.1, 0.15) is 11.5 Å². The molecule has 0 aromatic heterocycles. The predicted molar refractivity (Wildman–Crippen MR) is 76.3 cm³/mol. The van der Waals surface area contributed by atoms with E-state index in [9.17, 15) is 23.1 Å². The van der Waals surface area contributed by atoms with E-state index in [-0.39, 0.29) is 17.9 Å². The van der Waals surface area contributed by atoms with E-state index >= 15 is 0 Å². The van der Waals surface area contributed by atoms with Crippen LogP contribution in [0.2, 0.25) is 0 Å². The summed E-state index contributed by atoms with van der Waals surface area (Å²) < 4.78 is 43.7. The van der Waals surface area contributed by atoms with Crippen LogP contribution in [0.1, 0.15) is 11.1 Å². The number of anilines is 1. The molecule has 0 saturated heterocycles. The molecule has 0 saturated carbocycles. The van der Waals surface area contributed by atoms with Crippen LogP contribution in [0.3, 0.4) is 0 Å². The fourth-order valence-corrected chi connectivity index (χ4v) is 2.35. The normalized spacial score (nSPS) is 17.2. The lowest BCUT2D eigenvalue weighted by Crippen LogP contribution is -2.38. The summed E-state index contributed by atoms with van der Waals surface area (Å²) in [6.45, 7) is 0. The summed E-state index contributed by atoms with van der Waals surface area (Å²) in [6.07, 6.45) is -5.41. The molecule has 1 amide bonds. The molecule has 2 aromatic carbocycles. The number of benzene rings is 2. The largest absolute Gasteiger partial charge is 0.508 e. The maximum Gasteiger partial charge on any atom is 0.416 e. The number of nitrogens with one attached hydrogen (secondary N) is 1. The van der Waals surface area contributed by atoms with E-state index in [1.807, 2.05) is 0 Å². The second-order valence-electron chi connectivity index (χ2n) is 5.18. The third-order valence-corrected chi connectivity index (χ3v) is 3.46. The molecule has 2 N–H and O–H groups in total. The molecule has 4 nitrogen and oxygen atoms in total. The van der Waals surface area contributed by atoms with Gasteiger partial charge in [-0.2, -0.15) is 13.2 Å². The number of carbonyl (C=O) groups is 1. The molecular weight excluding hydrogens is 311 g/mol. The first-order valence-electron chi connectivity index (χ1n) is 6.79. The van der Waals surface area contributed by atoms with E-state index < -0.39 is 23.8 Å². The SMILES string of the molecule is O=C1Nc2ccc(O)cc2OC1Cc1cccc(C(F)(F)F)c1. The molecule has 23 heavy (non-hydrogen) atoms. The molecule has 1 unspecified atom stereocenters. The van der Waals surface area contributed by atoms with Crippen molar-refractivity contribution in [3.8, 4) is 11.5 Å². The van der Waals surface area contributed by atoms with Gasteiger partial charge in [-0.15, -0.1) is 0 Å². The first-order valence-corrected chi connectivity index (χ1v) is 6.79. The monoisotopic (exact) mass is 323 g/mol. The van der Waals surface area contributed by atoms with E-state index in [0.717, 1.165) is 12.1 Å². The van der Waals surface area contributed by atoms with Crippen molar-refractivity contribution in [3.63, 3.8) is 0 Å². The van der Waals surface area contributed by atoms with Gasteiger partial charge in [-0.1, -0.05) is 18.2 Å². The highest BCUT2D eigenvalue weighted by Crippen LogP contribution is 2.34. The molecule has 1 heterocycles. The maximum absolute atomic E-state index is 12.7. The minimum absolute atomic E-state index is 0.00908. The Morgan fingerprint density at radius 1 is 1.17 bits per heavy atom. The smallest absolute Gasteiger partial charge is 0.416 e. The Bertz CT molecular complexity index is 758. The lowest BCUT2D eigenvalue weighted by Gasteiger charge is -2.26. The van der Waals surface area contributed by atoms with Crippen molar-refractivity contribution in [1.82, 2.24) is 0 Å². The summed E-state index contributed by atoms with van der Waals surface area (Å²) >= 11 is 0. The zero-order valence-electron chi connectivity index (χ0n) is 11.7. The number of halogens is 3. The Balaban J connectivity index is 1.82. The van der Waals surface area contributed by atoms with Crippen LogP contribution in [0.15, 0.2) is 42.5 Å². The third kappa shape index (κ3) is 3.23. The molecule has 1 atom stereocenters. The van der Waals surface area contributed by atoms with E-state index in [1.54, 1.807) is 0 Å². The van der Waals surface area contributed by atoms with E-state index in [0.29, 0.717) is 11.3 Å². The zero-order valence-corrected chi connectivity index (χ0v) is 11.7. The topological polar surface area (TPSA) is 58.6 Å². The van der Waals surface area contributed by atoms with Crippen molar-refractivity contribution in [2.24, 2.45) is 0 Å². The first-order chi connectivity index (χ1) is 10.8. The molecule has 0 aliphatic carbocycles. The molecule has 120 valence electrons. The van der Waals surface area contributed by atoms with Crippen molar-refractivity contribution < 1.29 is 27.8 Å². The fraction of sp³-hybridized carbons (Fsp3) is 0.188. The van der Waals surface area contributed by atoms with Crippen LogP contribution in [0.5, 0.6) is 11.5 Å². The number of hydrogen-bond acceptors (Lipinski definition) is 3. The number of phenolic OH excluding ortho intramolecular Hbond substituents is 1. The highest BCUT2D eigenvalue weighted by atomic mass is 19.4. The van der Waals surface area contributed by atoms with Crippen molar-refractivity contribution in [2.75, 3.05) is 5.32 Å². The van der Waals surface area contributed by atoms with Gasteiger partial charge in [-0.25, -0.2) is 0 Å². The first kappa shape index (κ1) is 15.2. The highest BCUT2D eigenvalue weighted by Gasteiger charge is 2.32. The van der Waals surface area contributed by atoms with Crippen LogP contribution in [0.25, 0.3) is 0 Å². The minimum atomic E-state index is -4.44. The molecule has 1 aliphatic heterocycles. The van der Waals surface area contributed by atoms with Crippen LogP contribution in [0, 0.1) is 0 Å². The van der Waals surface area contributed by atoms with E-state index in [4.69, 9.17) is 4.74 Å². The van der Waals surface area contributed by atoms with Gasteiger partial charge in [0.05, 0.1) is 11.3 Å². The summed E-state index contributed by atoms with van der Waals surface area (Å²) in [7, 11) is 0. The lowest BCUT2D eigenvalue weighted by molar-refractivity contribution is -0.137.